The van der Waals surface area contributed by atoms with Gasteiger partial charge in [0, 0.05) is 0 Å². The summed E-state index contributed by atoms with van der Waals surface area (Å²) < 4.78 is 23.6. The fourth-order valence-corrected chi connectivity index (χ4v) is 2.91. The highest BCUT2D eigenvalue weighted by atomic mass is 19.1. The van der Waals surface area contributed by atoms with Crippen molar-refractivity contribution in [3.63, 3.8) is 0 Å². The van der Waals surface area contributed by atoms with Crippen LogP contribution in [0.15, 0.2) is 65.9 Å². The van der Waals surface area contributed by atoms with Crippen LogP contribution >= 0.6 is 0 Å². The van der Waals surface area contributed by atoms with Crippen LogP contribution in [0.25, 0.3) is 0 Å². The monoisotopic (exact) mass is 398 g/mol. The third kappa shape index (κ3) is 4.78. The van der Waals surface area contributed by atoms with Gasteiger partial charge in [-0.05, 0) is 30.7 Å². The van der Waals surface area contributed by atoms with E-state index in [0.29, 0.717) is 5.56 Å². The van der Waals surface area contributed by atoms with E-state index in [1.165, 1.54) is 18.2 Å². The van der Waals surface area contributed by atoms with Crippen molar-refractivity contribution in [2.45, 2.75) is 13.0 Å². The summed E-state index contributed by atoms with van der Waals surface area (Å²) in [5.74, 6) is -2.01. The Hall–Kier alpha value is -3.68. The average Bonchev–Trinajstić information content (AvgIpc) is 2.72. The minimum absolute atomic E-state index is 0.0168. The van der Waals surface area contributed by atoms with E-state index in [-0.39, 0.29) is 30.0 Å². The van der Waals surface area contributed by atoms with Gasteiger partial charge in [-0.3, -0.25) is 0 Å². The average molecular weight is 398 g/mol. The summed E-state index contributed by atoms with van der Waals surface area (Å²) in [5.41, 5.74) is 0.915. The molecule has 0 fully saturated rings. The second-order valence-corrected chi connectivity index (χ2v) is 6.14. The molecule has 1 atom stereocenters. The van der Waals surface area contributed by atoms with E-state index in [1.807, 2.05) is 6.07 Å². The molecule has 7 nitrogen and oxygen atoms in total. The van der Waals surface area contributed by atoms with E-state index in [2.05, 4.69) is 10.6 Å². The largest absolute Gasteiger partial charge is 0.463 e. The van der Waals surface area contributed by atoms with E-state index in [1.54, 1.807) is 31.2 Å². The number of hydrogen-bond donors (Lipinski definition) is 2. The van der Waals surface area contributed by atoms with Gasteiger partial charge in [-0.15, -0.1) is 0 Å². The summed E-state index contributed by atoms with van der Waals surface area (Å²) in [6, 6.07) is 12.6. The number of ether oxygens (including phenoxy) is 2. The molecule has 3 rings (SSSR count). The predicted molar refractivity (Wildman–Crippen MR) is 101 cm³/mol. The Morgan fingerprint density at radius 3 is 2.48 bits per heavy atom. The Morgan fingerprint density at radius 2 is 1.79 bits per heavy atom. The number of nitrogens with one attached hydrogen (secondary N) is 2. The van der Waals surface area contributed by atoms with Crippen LogP contribution in [0.5, 0.6) is 0 Å². The maximum Gasteiger partial charge on any atom is 0.338 e. The smallest absolute Gasteiger partial charge is 0.338 e. The standard InChI is InChI=1S/C21H19FN2O5/c1-2-28-20(26)17-16(12-29-19(25)14-9-6-10-15(22)11-14)23-21(27)24-18(17)13-7-4-3-5-8-13/h3-11,18H,2,12H2,1H3,(H2,23,24,27)/t18-/m0/s1. The number of esters is 2. The van der Waals surface area contributed by atoms with Crippen LogP contribution in [-0.2, 0) is 14.3 Å². The third-order valence-corrected chi connectivity index (χ3v) is 4.19. The number of rotatable bonds is 6. The normalized spacial score (nSPS) is 15.9. The molecule has 0 saturated heterocycles. The zero-order valence-corrected chi connectivity index (χ0v) is 15.6. The summed E-state index contributed by atoms with van der Waals surface area (Å²) in [6.45, 7) is 1.41. The molecular formula is C21H19FN2O5. The maximum absolute atomic E-state index is 13.3. The molecule has 29 heavy (non-hydrogen) atoms. The van der Waals surface area contributed by atoms with E-state index in [4.69, 9.17) is 9.47 Å². The SMILES string of the molecule is CCOC(=O)C1=C(COC(=O)c2cccc(F)c2)NC(=O)N[C@H]1c1ccccc1. The fourth-order valence-electron chi connectivity index (χ4n) is 2.91. The van der Waals surface area contributed by atoms with Crippen molar-refractivity contribution in [3.8, 4) is 0 Å². The van der Waals surface area contributed by atoms with Crippen LogP contribution in [0, 0.1) is 5.82 Å². The molecule has 2 aromatic carbocycles. The fraction of sp³-hybridized carbons (Fsp3) is 0.190. The van der Waals surface area contributed by atoms with Crippen LogP contribution in [0.4, 0.5) is 9.18 Å². The van der Waals surface area contributed by atoms with Crippen LogP contribution in [-0.4, -0.2) is 31.2 Å². The molecule has 0 unspecified atom stereocenters. The first kappa shape index (κ1) is 20.1. The topological polar surface area (TPSA) is 93.7 Å². The van der Waals surface area contributed by atoms with E-state index in [0.717, 1.165) is 6.07 Å². The first-order valence-corrected chi connectivity index (χ1v) is 8.95. The van der Waals surface area contributed by atoms with Crippen molar-refractivity contribution in [1.82, 2.24) is 10.6 Å². The van der Waals surface area contributed by atoms with Gasteiger partial charge in [0.15, 0.2) is 0 Å². The van der Waals surface area contributed by atoms with E-state index < -0.39 is 29.8 Å². The minimum atomic E-state index is -0.788. The lowest BCUT2D eigenvalue weighted by molar-refractivity contribution is -0.139. The number of amides is 2. The van der Waals surface area contributed by atoms with Crippen molar-refractivity contribution in [2.75, 3.05) is 13.2 Å². The molecule has 2 N–H and O–H groups in total. The zero-order chi connectivity index (χ0) is 20.8. The number of urea groups is 1. The molecule has 8 heteroatoms. The van der Waals surface area contributed by atoms with Gasteiger partial charge in [0.25, 0.3) is 0 Å². The van der Waals surface area contributed by atoms with Crippen molar-refractivity contribution in [2.24, 2.45) is 0 Å². The van der Waals surface area contributed by atoms with Crippen LogP contribution in [0.2, 0.25) is 0 Å². The molecule has 1 heterocycles. The molecule has 2 aromatic rings. The minimum Gasteiger partial charge on any atom is -0.463 e. The van der Waals surface area contributed by atoms with E-state index in [9.17, 15) is 18.8 Å². The van der Waals surface area contributed by atoms with Crippen molar-refractivity contribution >= 4 is 18.0 Å². The lowest BCUT2D eigenvalue weighted by atomic mass is 9.95. The summed E-state index contributed by atoms with van der Waals surface area (Å²) >= 11 is 0. The van der Waals surface area contributed by atoms with Gasteiger partial charge in [0.1, 0.15) is 12.4 Å². The highest BCUT2D eigenvalue weighted by Crippen LogP contribution is 2.28. The quantitative estimate of drug-likeness (QED) is 0.730. The Bertz CT molecular complexity index is 959. The summed E-state index contributed by atoms with van der Waals surface area (Å²) in [5, 5.41) is 5.18. The molecule has 0 spiro atoms. The van der Waals surface area contributed by atoms with E-state index >= 15 is 0 Å². The molecule has 0 aliphatic carbocycles. The zero-order valence-electron chi connectivity index (χ0n) is 15.6. The number of benzene rings is 2. The Balaban J connectivity index is 1.91. The molecule has 1 aliphatic rings. The number of carbonyl (C=O) groups is 3. The molecule has 0 radical (unpaired) electrons. The molecule has 0 bridgehead atoms. The molecule has 0 saturated carbocycles. The highest BCUT2D eigenvalue weighted by molar-refractivity contribution is 5.95. The molecule has 0 aromatic heterocycles. The predicted octanol–water partition coefficient (Wildman–Crippen LogP) is 2.85. The van der Waals surface area contributed by atoms with Crippen molar-refractivity contribution in [3.05, 3.63) is 82.8 Å². The number of carbonyl (C=O) groups excluding carboxylic acids is 3. The molecule has 2 amide bonds. The van der Waals surface area contributed by atoms with Crippen LogP contribution < -0.4 is 10.6 Å². The first-order valence-electron chi connectivity index (χ1n) is 8.95. The maximum atomic E-state index is 13.3. The Kier molecular flexibility index (Phi) is 6.23. The molecule has 150 valence electrons. The summed E-state index contributed by atoms with van der Waals surface area (Å²) in [4.78, 5) is 37.0. The lowest BCUT2D eigenvalue weighted by Gasteiger charge is -2.29. The summed E-state index contributed by atoms with van der Waals surface area (Å²) in [6.07, 6.45) is 0. The Labute approximate surface area is 166 Å². The first-order chi connectivity index (χ1) is 14.0. The van der Waals surface area contributed by atoms with Gasteiger partial charge in [0.05, 0.1) is 29.5 Å². The lowest BCUT2D eigenvalue weighted by Crippen LogP contribution is -2.47. The van der Waals surface area contributed by atoms with Gasteiger partial charge in [-0.1, -0.05) is 36.4 Å². The van der Waals surface area contributed by atoms with Crippen LogP contribution in [0.1, 0.15) is 28.9 Å². The van der Waals surface area contributed by atoms with Gasteiger partial charge in [-0.25, -0.2) is 18.8 Å². The Morgan fingerprint density at radius 1 is 1.03 bits per heavy atom. The number of halogens is 1. The molecular weight excluding hydrogens is 379 g/mol. The van der Waals surface area contributed by atoms with Crippen molar-refractivity contribution in [1.29, 1.82) is 0 Å². The second-order valence-electron chi connectivity index (χ2n) is 6.14. The second kappa shape index (κ2) is 9.01. The van der Waals surface area contributed by atoms with Crippen molar-refractivity contribution < 1.29 is 28.2 Å². The third-order valence-electron chi connectivity index (χ3n) is 4.19. The molecule has 1 aliphatic heterocycles. The van der Waals surface area contributed by atoms with Gasteiger partial charge in [0.2, 0.25) is 0 Å². The highest BCUT2D eigenvalue weighted by Gasteiger charge is 2.34. The van der Waals surface area contributed by atoms with Gasteiger partial charge >= 0.3 is 18.0 Å². The van der Waals surface area contributed by atoms with Gasteiger partial charge < -0.3 is 20.1 Å². The number of hydrogen-bond acceptors (Lipinski definition) is 5. The summed E-state index contributed by atoms with van der Waals surface area (Å²) in [7, 11) is 0. The van der Waals surface area contributed by atoms with Crippen LogP contribution in [0.3, 0.4) is 0 Å². The van der Waals surface area contributed by atoms with Gasteiger partial charge in [-0.2, -0.15) is 0 Å².